The molecule has 2 heterocycles. The Bertz CT molecular complexity index is 491. The number of thiophene rings is 1. The van der Waals surface area contributed by atoms with Crippen molar-refractivity contribution in [3.8, 4) is 0 Å². The first-order valence-corrected chi connectivity index (χ1v) is 7.60. The third-order valence-corrected chi connectivity index (χ3v) is 4.21. The van der Waals surface area contributed by atoms with Crippen molar-refractivity contribution in [2.75, 3.05) is 18.5 Å². The molecule has 1 saturated heterocycles. The zero-order valence-electron chi connectivity index (χ0n) is 11.7. The summed E-state index contributed by atoms with van der Waals surface area (Å²) in [6, 6.07) is 1.80. The summed E-state index contributed by atoms with van der Waals surface area (Å²) in [7, 11) is 0. The Labute approximate surface area is 122 Å². The highest BCUT2D eigenvalue weighted by Crippen LogP contribution is 2.28. The SMILES string of the molecule is CCOC(=O)c1sc(NC(=O)CC2CCCO2)cc1C. The van der Waals surface area contributed by atoms with Gasteiger partial charge in [0.15, 0.2) is 0 Å². The number of anilines is 1. The third kappa shape index (κ3) is 3.80. The van der Waals surface area contributed by atoms with Crippen molar-refractivity contribution < 1.29 is 19.1 Å². The van der Waals surface area contributed by atoms with Gasteiger partial charge < -0.3 is 14.8 Å². The fourth-order valence-corrected chi connectivity index (χ4v) is 3.13. The van der Waals surface area contributed by atoms with Gasteiger partial charge in [0.1, 0.15) is 4.88 Å². The lowest BCUT2D eigenvalue weighted by molar-refractivity contribution is -0.118. The molecule has 0 radical (unpaired) electrons. The average molecular weight is 297 g/mol. The van der Waals surface area contributed by atoms with Crippen molar-refractivity contribution in [3.63, 3.8) is 0 Å². The summed E-state index contributed by atoms with van der Waals surface area (Å²) in [6.07, 6.45) is 2.35. The molecule has 1 aromatic heterocycles. The van der Waals surface area contributed by atoms with Crippen LogP contribution in [0.3, 0.4) is 0 Å². The predicted molar refractivity (Wildman–Crippen MR) is 77.2 cm³/mol. The van der Waals surface area contributed by atoms with E-state index in [1.54, 1.807) is 13.0 Å². The topological polar surface area (TPSA) is 64.6 Å². The highest BCUT2D eigenvalue weighted by atomic mass is 32.1. The van der Waals surface area contributed by atoms with Crippen LogP contribution in [0.2, 0.25) is 0 Å². The van der Waals surface area contributed by atoms with Gasteiger partial charge in [-0.15, -0.1) is 11.3 Å². The van der Waals surface area contributed by atoms with Gasteiger partial charge >= 0.3 is 5.97 Å². The maximum atomic E-state index is 11.9. The van der Waals surface area contributed by atoms with Gasteiger partial charge in [-0.3, -0.25) is 4.79 Å². The van der Waals surface area contributed by atoms with Crippen molar-refractivity contribution in [3.05, 3.63) is 16.5 Å². The molecule has 2 rings (SSSR count). The third-order valence-electron chi connectivity index (χ3n) is 3.08. The Hall–Kier alpha value is -1.40. The van der Waals surface area contributed by atoms with Crippen LogP contribution in [-0.4, -0.2) is 31.2 Å². The lowest BCUT2D eigenvalue weighted by Crippen LogP contribution is -2.18. The molecular weight excluding hydrogens is 278 g/mol. The van der Waals surface area contributed by atoms with Crippen LogP contribution in [0.4, 0.5) is 5.00 Å². The van der Waals surface area contributed by atoms with E-state index in [0.717, 1.165) is 25.0 Å². The minimum Gasteiger partial charge on any atom is -0.462 e. The molecule has 110 valence electrons. The van der Waals surface area contributed by atoms with Crippen LogP contribution < -0.4 is 5.32 Å². The number of esters is 1. The standard InChI is InChI=1S/C14H19NO4S/c1-3-18-14(17)13-9(2)7-12(20-13)15-11(16)8-10-5-4-6-19-10/h7,10H,3-6,8H2,1-2H3,(H,15,16). The number of hydrogen-bond acceptors (Lipinski definition) is 5. The van der Waals surface area contributed by atoms with Crippen molar-refractivity contribution in [2.45, 2.75) is 39.2 Å². The van der Waals surface area contributed by atoms with Crippen molar-refractivity contribution in [1.82, 2.24) is 0 Å². The number of nitrogens with one attached hydrogen (secondary N) is 1. The van der Waals surface area contributed by atoms with E-state index in [2.05, 4.69) is 5.32 Å². The van der Waals surface area contributed by atoms with Gasteiger partial charge in [0, 0.05) is 6.61 Å². The van der Waals surface area contributed by atoms with E-state index in [0.29, 0.717) is 22.9 Å². The van der Waals surface area contributed by atoms with Crippen molar-refractivity contribution >= 4 is 28.2 Å². The molecule has 6 heteroatoms. The summed E-state index contributed by atoms with van der Waals surface area (Å²) in [5, 5.41) is 3.49. The fourth-order valence-electron chi connectivity index (χ4n) is 2.14. The van der Waals surface area contributed by atoms with E-state index in [4.69, 9.17) is 9.47 Å². The van der Waals surface area contributed by atoms with E-state index >= 15 is 0 Å². The molecule has 0 saturated carbocycles. The van der Waals surface area contributed by atoms with E-state index in [1.807, 2.05) is 6.92 Å². The molecule has 1 fully saturated rings. The molecule has 0 aliphatic carbocycles. The lowest BCUT2D eigenvalue weighted by Gasteiger charge is -2.08. The molecule has 0 spiro atoms. The van der Waals surface area contributed by atoms with Gasteiger partial charge in [-0.2, -0.15) is 0 Å². The Kier molecular flexibility index (Phi) is 5.14. The number of hydrogen-bond donors (Lipinski definition) is 1. The number of rotatable bonds is 5. The molecule has 1 aromatic rings. The molecule has 1 unspecified atom stereocenters. The maximum absolute atomic E-state index is 11.9. The van der Waals surface area contributed by atoms with Crippen LogP contribution in [-0.2, 0) is 14.3 Å². The van der Waals surface area contributed by atoms with E-state index in [-0.39, 0.29) is 18.0 Å². The monoisotopic (exact) mass is 297 g/mol. The smallest absolute Gasteiger partial charge is 0.348 e. The van der Waals surface area contributed by atoms with Crippen molar-refractivity contribution in [2.24, 2.45) is 0 Å². The molecular formula is C14H19NO4S. The summed E-state index contributed by atoms with van der Waals surface area (Å²) in [5.41, 5.74) is 0.820. The summed E-state index contributed by atoms with van der Waals surface area (Å²) in [4.78, 5) is 24.1. The molecule has 1 amide bonds. The lowest BCUT2D eigenvalue weighted by atomic mass is 10.2. The number of carbonyl (C=O) groups is 2. The van der Waals surface area contributed by atoms with Crippen LogP contribution in [0, 0.1) is 6.92 Å². The largest absolute Gasteiger partial charge is 0.462 e. The molecule has 0 aromatic carbocycles. The second kappa shape index (κ2) is 6.85. The minimum absolute atomic E-state index is 0.0283. The highest BCUT2D eigenvalue weighted by molar-refractivity contribution is 7.18. The first-order chi connectivity index (χ1) is 9.60. The number of aryl methyl sites for hydroxylation is 1. The molecule has 1 N–H and O–H groups in total. The molecule has 1 atom stereocenters. The molecule has 0 bridgehead atoms. The minimum atomic E-state index is -0.338. The Balaban J connectivity index is 1.94. The van der Waals surface area contributed by atoms with Gasteiger partial charge in [0.25, 0.3) is 0 Å². The molecule has 20 heavy (non-hydrogen) atoms. The molecule has 1 aliphatic rings. The van der Waals surface area contributed by atoms with Gasteiger partial charge in [-0.05, 0) is 38.3 Å². The number of carbonyl (C=O) groups excluding carboxylic acids is 2. The zero-order chi connectivity index (χ0) is 14.5. The summed E-state index contributed by atoms with van der Waals surface area (Å²) in [5.74, 6) is -0.414. The Morgan fingerprint density at radius 1 is 1.55 bits per heavy atom. The Morgan fingerprint density at radius 2 is 2.35 bits per heavy atom. The summed E-state index contributed by atoms with van der Waals surface area (Å²) < 4.78 is 10.4. The van der Waals surface area contributed by atoms with Crippen LogP contribution in [0.5, 0.6) is 0 Å². The second-order valence-electron chi connectivity index (χ2n) is 4.73. The molecule has 1 aliphatic heterocycles. The summed E-state index contributed by atoms with van der Waals surface area (Å²) >= 11 is 1.25. The molecule has 5 nitrogen and oxygen atoms in total. The van der Waals surface area contributed by atoms with Gasteiger partial charge in [-0.25, -0.2) is 4.79 Å². The van der Waals surface area contributed by atoms with Crippen LogP contribution in [0.25, 0.3) is 0 Å². The predicted octanol–water partition coefficient (Wildman–Crippen LogP) is 2.74. The van der Waals surface area contributed by atoms with Crippen LogP contribution in [0.1, 0.15) is 41.4 Å². The van der Waals surface area contributed by atoms with Crippen molar-refractivity contribution in [1.29, 1.82) is 0 Å². The first-order valence-electron chi connectivity index (χ1n) is 6.79. The van der Waals surface area contributed by atoms with Crippen LogP contribution in [0.15, 0.2) is 6.07 Å². The fraction of sp³-hybridized carbons (Fsp3) is 0.571. The van der Waals surface area contributed by atoms with Crippen LogP contribution >= 0.6 is 11.3 Å². The Morgan fingerprint density at radius 3 is 3.00 bits per heavy atom. The van der Waals surface area contributed by atoms with E-state index in [9.17, 15) is 9.59 Å². The maximum Gasteiger partial charge on any atom is 0.348 e. The summed E-state index contributed by atoms with van der Waals surface area (Å²) in [6.45, 7) is 4.68. The quantitative estimate of drug-likeness (QED) is 0.849. The van der Waals surface area contributed by atoms with Gasteiger partial charge in [-0.1, -0.05) is 0 Å². The van der Waals surface area contributed by atoms with Gasteiger partial charge in [0.05, 0.1) is 24.1 Å². The van der Waals surface area contributed by atoms with E-state index in [1.165, 1.54) is 11.3 Å². The zero-order valence-corrected chi connectivity index (χ0v) is 12.5. The highest BCUT2D eigenvalue weighted by Gasteiger charge is 2.20. The van der Waals surface area contributed by atoms with Gasteiger partial charge in [0.2, 0.25) is 5.91 Å². The normalized spacial score (nSPS) is 18.0. The second-order valence-corrected chi connectivity index (χ2v) is 5.78. The number of amides is 1. The first kappa shape index (κ1) is 15.0. The van der Waals surface area contributed by atoms with E-state index < -0.39 is 0 Å². The average Bonchev–Trinajstić information content (AvgIpc) is 2.99. The number of ether oxygens (including phenoxy) is 2.